The molecule has 2 heterocycles. The van der Waals surface area contributed by atoms with Crippen LogP contribution < -0.4 is 0 Å². The predicted octanol–water partition coefficient (Wildman–Crippen LogP) is 3.85. The normalized spacial score (nSPS) is 18.6. The van der Waals surface area contributed by atoms with Crippen LogP contribution in [-0.2, 0) is 15.9 Å². The fourth-order valence-electron chi connectivity index (χ4n) is 2.28. The van der Waals surface area contributed by atoms with Gasteiger partial charge in [-0.25, -0.2) is 0 Å². The summed E-state index contributed by atoms with van der Waals surface area (Å²) in [5, 5.41) is 0. The second-order valence-electron chi connectivity index (χ2n) is 5.19. The van der Waals surface area contributed by atoms with Crippen molar-refractivity contribution in [1.82, 2.24) is 0 Å². The van der Waals surface area contributed by atoms with E-state index < -0.39 is 0 Å². The Hall–Kier alpha value is -1.24. The van der Waals surface area contributed by atoms with Crippen LogP contribution in [0.15, 0.2) is 16.7 Å². The predicted molar refractivity (Wildman–Crippen MR) is 78.3 cm³/mol. The minimum absolute atomic E-state index is 0.0278. The highest BCUT2D eigenvalue weighted by Gasteiger charge is 2.12. The van der Waals surface area contributed by atoms with Crippen molar-refractivity contribution in [2.75, 3.05) is 13.2 Å². The largest absolute Gasteiger partial charge is 0.469 e. The Morgan fingerprint density at radius 1 is 1.30 bits per heavy atom. The first-order chi connectivity index (χ1) is 9.86. The van der Waals surface area contributed by atoms with Gasteiger partial charge in [0.15, 0.2) is 6.29 Å². The molecule has 1 aromatic rings. The van der Waals surface area contributed by atoms with E-state index >= 15 is 0 Å². The van der Waals surface area contributed by atoms with Crippen molar-refractivity contribution in [3.63, 3.8) is 0 Å². The molecule has 3 nitrogen and oxygen atoms in total. The van der Waals surface area contributed by atoms with Gasteiger partial charge < -0.3 is 13.9 Å². The average molecular weight is 276 g/mol. The van der Waals surface area contributed by atoms with Gasteiger partial charge in [0.1, 0.15) is 12.4 Å². The second kappa shape index (κ2) is 8.84. The van der Waals surface area contributed by atoms with Gasteiger partial charge in [-0.2, -0.15) is 0 Å². The summed E-state index contributed by atoms with van der Waals surface area (Å²) in [5.74, 6) is 7.33. The van der Waals surface area contributed by atoms with E-state index in [1.807, 2.05) is 6.07 Å². The van der Waals surface area contributed by atoms with Gasteiger partial charge in [-0.1, -0.05) is 5.92 Å². The van der Waals surface area contributed by atoms with E-state index in [0.717, 1.165) is 50.9 Å². The number of rotatable bonds is 6. The summed E-state index contributed by atoms with van der Waals surface area (Å²) in [6, 6.07) is 2.01. The van der Waals surface area contributed by atoms with Crippen molar-refractivity contribution in [3.05, 3.63) is 23.7 Å². The molecular formula is C17H24O3. The summed E-state index contributed by atoms with van der Waals surface area (Å²) in [6.45, 7) is 3.40. The molecule has 0 aliphatic carbocycles. The Labute approximate surface area is 121 Å². The Kier molecular flexibility index (Phi) is 6.70. The molecule has 2 rings (SSSR count). The van der Waals surface area contributed by atoms with Gasteiger partial charge in [0.2, 0.25) is 0 Å². The van der Waals surface area contributed by atoms with Gasteiger partial charge in [0, 0.05) is 19.4 Å². The first-order valence-electron chi connectivity index (χ1n) is 7.58. The molecule has 0 aromatic carbocycles. The van der Waals surface area contributed by atoms with E-state index in [9.17, 15) is 0 Å². The third-order valence-electron chi connectivity index (χ3n) is 3.53. The highest BCUT2D eigenvalue weighted by molar-refractivity contribution is 5.14. The zero-order chi connectivity index (χ0) is 14.0. The quantitative estimate of drug-likeness (QED) is 0.584. The molecule has 1 fully saturated rings. The van der Waals surface area contributed by atoms with Crippen molar-refractivity contribution in [1.29, 1.82) is 0 Å². The topological polar surface area (TPSA) is 31.6 Å². The zero-order valence-electron chi connectivity index (χ0n) is 12.3. The third-order valence-corrected chi connectivity index (χ3v) is 3.53. The van der Waals surface area contributed by atoms with Crippen LogP contribution in [0.2, 0.25) is 0 Å². The molecule has 0 N–H and O–H groups in total. The van der Waals surface area contributed by atoms with Gasteiger partial charge in [-0.3, -0.25) is 0 Å². The van der Waals surface area contributed by atoms with Crippen LogP contribution in [0.25, 0.3) is 0 Å². The summed E-state index contributed by atoms with van der Waals surface area (Å²) < 4.78 is 16.4. The number of furan rings is 1. The summed E-state index contributed by atoms with van der Waals surface area (Å²) in [7, 11) is 0. The molecule has 110 valence electrons. The number of hydrogen-bond donors (Lipinski definition) is 0. The van der Waals surface area contributed by atoms with Crippen molar-refractivity contribution in [2.45, 2.75) is 58.2 Å². The van der Waals surface area contributed by atoms with E-state index in [-0.39, 0.29) is 6.29 Å². The first-order valence-corrected chi connectivity index (χ1v) is 7.58. The first kappa shape index (κ1) is 15.2. The lowest BCUT2D eigenvalue weighted by molar-refractivity contribution is -0.154. The summed E-state index contributed by atoms with van der Waals surface area (Å²) in [6.07, 6.45) is 9.24. The van der Waals surface area contributed by atoms with Crippen LogP contribution in [0.5, 0.6) is 0 Å². The minimum Gasteiger partial charge on any atom is -0.469 e. The van der Waals surface area contributed by atoms with Crippen molar-refractivity contribution in [3.8, 4) is 11.8 Å². The molecule has 0 saturated carbocycles. The molecule has 1 atom stereocenters. The summed E-state index contributed by atoms with van der Waals surface area (Å²) >= 11 is 0. The Bertz CT molecular complexity index is 433. The minimum atomic E-state index is -0.0278. The Morgan fingerprint density at radius 2 is 2.25 bits per heavy atom. The van der Waals surface area contributed by atoms with Crippen LogP contribution in [0.3, 0.4) is 0 Å². The van der Waals surface area contributed by atoms with Crippen molar-refractivity contribution < 1.29 is 13.9 Å². The number of ether oxygens (including phenoxy) is 2. The highest BCUT2D eigenvalue weighted by Crippen LogP contribution is 2.13. The fourth-order valence-corrected chi connectivity index (χ4v) is 2.28. The molecule has 0 amide bonds. The lowest BCUT2D eigenvalue weighted by Gasteiger charge is -2.21. The zero-order valence-corrected chi connectivity index (χ0v) is 12.3. The number of aryl methyl sites for hydroxylation is 2. The lowest BCUT2D eigenvalue weighted by atomic mass is 10.1. The van der Waals surface area contributed by atoms with Crippen molar-refractivity contribution in [2.24, 2.45) is 0 Å². The monoisotopic (exact) mass is 276 g/mol. The van der Waals surface area contributed by atoms with E-state index in [4.69, 9.17) is 13.9 Å². The standard InChI is InChI=1S/C17H24O3/c1-15-11-14-18-16(15)9-5-3-2-4-7-12-19-17-10-6-8-13-20-17/h11,14,17H,2-3,5-6,8-10,12-13H2,1H3. The second-order valence-corrected chi connectivity index (χ2v) is 5.19. The van der Waals surface area contributed by atoms with Crippen LogP contribution >= 0.6 is 0 Å². The lowest BCUT2D eigenvalue weighted by Crippen LogP contribution is -2.22. The maximum absolute atomic E-state index is 5.55. The van der Waals surface area contributed by atoms with E-state index in [1.54, 1.807) is 6.26 Å². The van der Waals surface area contributed by atoms with Gasteiger partial charge >= 0.3 is 0 Å². The summed E-state index contributed by atoms with van der Waals surface area (Å²) in [5.41, 5.74) is 1.25. The van der Waals surface area contributed by atoms with Crippen LogP contribution in [0.1, 0.15) is 49.8 Å². The summed E-state index contributed by atoms with van der Waals surface area (Å²) in [4.78, 5) is 0. The Morgan fingerprint density at radius 3 is 3.00 bits per heavy atom. The van der Waals surface area contributed by atoms with E-state index in [2.05, 4.69) is 18.8 Å². The Balaban J connectivity index is 1.48. The van der Waals surface area contributed by atoms with Gasteiger partial charge in [-0.05, 0) is 50.7 Å². The molecule has 1 aliphatic heterocycles. The van der Waals surface area contributed by atoms with Crippen molar-refractivity contribution >= 4 is 0 Å². The van der Waals surface area contributed by atoms with Crippen LogP contribution in [0.4, 0.5) is 0 Å². The highest BCUT2D eigenvalue weighted by atomic mass is 16.7. The van der Waals surface area contributed by atoms with Crippen LogP contribution in [-0.4, -0.2) is 19.5 Å². The molecule has 0 bridgehead atoms. The molecule has 0 radical (unpaired) electrons. The fraction of sp³-hybridized carbons (Fsp3) is 0.647. The molecule has 1 saturated heterocycles. The number of hydrogen-bond acceptors (Lipinski definition) is 3. The van der Waals surface area contributed by atoms with Crippen LogP contribution in [0, 0.1) is 18.8 Å². The SMILES string of the molecule is Cc1ccoc1CCCCC#CCOC1CCCCO1. The maximum Gasteiger partial charge on any atom is 0.158 e. The molecule has 20 heavy (non-hydrogen) atoms. The number of unbranched alkanes of at least 4 members (excludes halogenated alkanes) is 2. The van der Waals surface area contributed by atoms with Gasteiger partial charge in [-0.15, -0.1) is 5.92 Å². The third kappa shape index (κ3) is 5.40. The molecular weight excluding hydrogens is 252 g/mol. The van der Waals surface area contributed by atoms with E-state index in [1.165, 1.54) is 12.0 Å². The molecule has 1 aliphatic rings. The van der Waals surface area contributed by atoms with E-state index in [0.29, 0.717) is 6.61 Å². The maximum atomic E-state index is 5.55. The smallest absolute Gasteiger partial charge is 0.158 e. The molecule has 3 heteroatoms. The van der Waals surface area contributed by atoms with Gasteiger partial charge in [0.05, 0.1) is 6.26 Å². The average Bonchev–Trinajstić information content (AvgIpc) is 2.88. The molecule has 0 spiro atoms. The molecule has 1 aromatic heterocycles. The van der Waals surface area contributed by atoms with Gasteiger partial charge in [0.25, 0.3) is 0 Å². The molecule has 1 unspecified atom stereocenters.